The lowest BCUT2D eigenvalue weighted by molar-refractivity contribution is -0.136. The number of rotatable bonds is 3. The predicted molar refractivity (Wildman–Crippen MR) is 71.1 cm³/mol. The third kappa shape index (κ3) is 3.43. The molecule has 0 saturated carbocycles. The number of carbonyl (C=O) groups is 1. The van der Waals surface area contributed by atoms with Gasteiger partial charge >= 0.3 is 5.97 Å². The first-order valence-corrected chi connectivity index (χ1v) is 5.83. The Morgan fingerprint density at radius 2 is 2.12 bits per heavy atom. The van der Waals surface area contributed by atoms with Gasteiger partial charge in [0.1, 0.15) is 5.01 Å². The summed E-state index contributed by atoms with van der Waals surface area (Å²) in [6.07, 6.45) is -0.0546. The molecule has 1 heterocycles. The first-order chi connectivity index (χ1) is 7.66. The van der Waals surface area contributed by atoms with Crippen LogP contribution >= 0.6 is 35.3 Å². The lowest BCUT2D eigenvalue weighted by Crippen LogP contribution is -1.99. The van der Waals surface area contributed by atoms with Crippen LogP contribution in [0.5, 0.6) is 0 Å². The predicted octanol–water partition coefficient (Wildman–Crippen LogP) is 3.51. The maximum atomic E-state index is 10.5. The molecule has 0 saturated heterocycles. The summed E-state index contributed by atoms with van der Waals surface area (Å²) in [5.74, 6) is -0.879. The number of hydrogen-bond donors (Lipinski definition) is 1. The molecule has 0 amide bonds. The summed E-state index contributed by atoms with van der Waals surface area (Å²) in [6, 6.07) is 7.37. The highest BCUT2D eigenvalue weighted by molar-refractivity contribution is 7.13. The lowest BCUT2D eigenvalue weighted by Gasteiger charge is -1.98. The van der Waals surface area contributed by atoms with Gasteiger partial charge < -0.3 is 5.11 Å². The number of carboxylic acids is 1. The molecule has 17 heavy (non-hydrogen) atoms. The third-order valence-corrected chi connectivity index (χ3v) is 3.24. The van der Waals surface area contributed by atoms with E-state index in [-0.39, 0.29) is 18.8 Å². The number of nitrogens with zero attached hydrogens (tertiary/aromatic N) is 1. The average molecular weight is 290 g/mol. The summed E-state index contributed by atoms with van der Waals surface area (Å²) in [6.45, 7) is 0. The SMILES string of the molecule is Cl.O=C(O)Cc1csc(-c2ccccc2Cl)n1. The van der Waals surface area contributed by atoms with Crippen molar-refractivity contribution in [3.63, 3.8) is 0 Å². The molecule has 0 aliphatic rings. The quantitative estimate of drug-likeness (QED) is 0.941. The topological polar surface area (TPSA) is 50.2 Å². The maximum Gasteiger partial charge on any atom is 0.309 e. The second-order valence-electron chi connectivity index (χ2n) is 3.19. The Balaban J connectivity index is 0.00000144. The average Bonchev–Trinajstić information content (AvgIpc) is 2.66. The summed E-state index contributed by atoms with van der Waals surface area (Å²) >= 11 is 7.42. The highest BCUT2D eigenvalue weighted by Crippen LogP contribution is 2.30. The highest BCUT2D eigenvalue weighted by Gasteiger charge is 2.09. The molecule has 1 N–H and O–H groups in total. The summed E-state index contributed by atoms with van der Waals surface area (Å²) in [7, 11) is 0. The van der Waals surface area contributed by atoms with Crippen LogP contribution in [0.4, 0.5) is 0 Å². The number of hydrogen-bond acceptors (Lipinski definition) is 3. The van der Waals surface area contributed by atoms with Gasteiger partial charge in [-0.1, -0.05) is 29.8 Å². The van der Waals surface area contributed by atoms with E-state index in [9.17, 15) is 4.79 Å². The van der Waals surface area contributed by atoms with E-state index in [0.29, 0.717) is 10.7 Å². The van der Waals surface area contributed by atoms with E-state index >= 15 is 0 Å². The van der Waals surface area contributed by atoms with Crippen molar-refractivity contribution in [3.05, 3.63) is 40.4 Å². The van der Waals surface area contributed by atoms with Gasteiger partial charge in [-0.05, 0) is 6.07 Å². The second kappa shape index (κ2) is 6.00. The van der Waals surface area contributed by atoms with Crippen molar-refractivity contribution in [2.45, 2.75) is 6.42 Å². The zero-order valence-electron chi connectivity index (χ0n) is 8.59. The molecule has 0 radical (unpaired) electrons. The van der Waals surface area contributed by atoms with Gasteiger partial charge in [0.25, 0.3) is 0 Å². The number of aliphatic carboxylic acids is 1. The normalized spacial score (nSPS) is 9.71. The monoisotopic (exact) mass is 289 g/mol. The fraction of sp³-hybridized carbons (Fsp3) is 0.0909. The van der Waals surface area contributed by atoms with E-state index in [1.807, 2.05) is 18.2 Å². The minimum atomic E-state index is -0.879. The Morgan fingerprint density at radius 3 is 2.76 bits per heavy atom. The molecular formula is C11H9Cl2NO2S. The molecule has 0 aliphatic carbocycles. The number of aromatic nitrogens is 1. The first kappa shape index (κ1) is 14.0. The Bertz CT molecular complexity index is 528. The number of halogens is 2. The largest absolute Gasteiger partial charge is 0.481 e. The summed E-state index contributed by atoms with van der Waals surface area (Å²) < 4.78 is 0. The minimum absolute atomic E-state index is 0. The highest BCUT2D eigenvalue weighted by atomic mass is 35.5. The van der Waals surface area contributed by atoms with Crippen LogP contribution in [0, 0.1) is 0 Å². The van der Waals surface area contributed by atoms with Gasteiger partial charge in [-0.3, -0.25) is 4.79 Å². The first-order valence-electron chi connectivity index (χ1n) is 4.58. The molecule has 0 atom stereocenters. The Kier molecular flexibility index (Phi) is 4.93. The molecule has 90 valence electrons. The van der Waals surface area contributed by atoms with E-state index in [0.717, 1.165) is 10.6 Å². The molecule has 1 aromatic heterocycles. The Hall–Kier alpha value is -1.10. The standard InChI is InChI=1S/C11H8ClNO2S.ClH/c12-9-4-2-1-3-8(9)11-13-7(6-16-11)5-10(14)15;/h1-4,6H,5H2,(H,14,15);1H. The smallest absolute Gasteiger partial charge is 0.309 e. The minimum Gasteiger partial charge on any atom is -0.481 e. The van der Waals surface area contributed by atoms with Crippen molar-refractivity contribution in [1.29, 1.82) is 0 Å². The Morgan fingerprint density at radius 1 is 1.41 bits per heavy atom. The molecule has 6 heteroatoms. The van der Waals surface area contributed by atoms with E-state index in [2.05, 4.69) is 4.98 Å². The summed E-state index contributed by atoms with van der Waals surface area (Å²) in [5.41, 5.74) is 1.40. The van der Waals surface area contributed by atoms with Crippen LogP contribution < -0.4 is 0 Å². The second-order valence-corrected chi connectivity index (χ2v) is 4.46. The van der Waals surface area contributed by atoms with Crippen molar-refractivity contribution in [3.8, 4) is 10.6 Å². The molecule has 0 unspecified atom stereocenters. The van der Waals surface area contributed by atoms with Crippen molar-refractivity contribution in [2.75, 3.05) is 0 Å². The van der Waals surface area contributed by atoms with E-state index < -0.39 is 5.97 Å². The zero-order chi connectivity index (χ0) is 11.5. The van der Waals surface area contributed by atoms with Crippen molar-refractivity contribution < 1.29 is 9.90 Å². The van der Waals surface area contributed by atoms with Crippen LogP contribution in [0.2, 0.25) is 5.02 Å². The van der Waals surface area contributed by atoms with Crippen LogP contribution in [0.3, 0.4) is 0 Å². The maximum absolute atomic E-state index is 10.5. The van der Waals surface area contributed by atoms with Crippen molar-refractivity contribution in [1.82, 2.24) is 4.98 Å². The van der Waals surface area contributed by atoms with Crippen LogP contribution in [0.25, 0.3) is 10.6 Å². The van der Waals surface area contributed by atoms with Gasteiger partial charge in [-0.15, -0.1) is 23.7 Å². The van der Waals surface area contributed by atoms with Gasteiger partial charge in [0.15, 0.2) is 0 Å². The fourth-order valence-corrected chi connectivity index (χ4v) is 2.44. The lowest BCUT2D eigenvalue weighted by atomic mass is 10.2. The van der Waals surface area contributed by atoms with Crippen LogP contribution in [-0.4, -0.2) is 16.1 Å². The van der Waals surface area contributed by atoms with Crippen LogP contribution in [0.15, 0.2) is 29.6 Å². The molecule has 2 aromatic rings. The number of thiazole rings is 1. The van der Waals surface area contributed by atoms with Crippen LogP contribution in [0.1, 0.15) is 5.69 Å². The van der Waals surface area contributed by atoms with E-state index in [4.69, 9.17) is 16.7 Å². The zero-order valence-corrected chi connectivity index (χ0v) is 11.0. The fourth-order valence-electron chi connectivity index (χ4n) is 1.30. The molecule has 0 aliphatic heterocycles. The summed E-state index contributed by atoms with van der Waals surface area (Å²) in [5, 5.41) is 11.8. The van der Waals surface area contributed by atoms with Crippen molar-refractivity contribution >= 4 is 41.3 Å². The van der Waals surface area contributed by atoms with E-state index in [1.165, 1.54) is 11.3 Å². The molecule has 3 nitrogen and oxygen atoms in total. The molecule has 1 aromatic carbocycles. The molecular weight excluding hydrogens is 281 g/mol. The van der Waals surface area contributed by atoms with Crippen LogP contribution in [-0.2, 0) is 11.2 Å². The number of carboxylic acid groups (broad SMARTS) is 1. The van der Waals surface area contributed by atoms with Gasteiger partial charge in [0, 0.05) is 10.9 Å². The number of benzene rings is 1. The third-order valence-electron chi connectivity index (χ3n) is 1.99. The van der Waals surface area contributed by atoms with Gasteiger partial charge in [-0.2, -0.15) is 0 Å². The van der Waals surface area contributed by atoms with E-state index in [1.54, 1.807) is 11.4 Å². The molecule has 0 bridgehead atoms. The Labute approximate surface area is 113 Å². The van der Waals surface area contributed by atoms with Crippen molar-refractivity contribution in [2.24, 2.45) is 0 Å². The molecule has 0 spiro atoms. The molecule has 0 fully saturated rings. The molecule has 2 rings (SSSR count). The summed E-state index contributed by atoms with van der Waals surface area (Å²) in [4.78, 5) is 14.8. The van der Waals surface area contributed by atoms with Gasteiger partial charge in [0.2, 0.25) is 0 Å². The van der Waals surface area contributed by atoms with Gasteiger partial charge in [0.05, 0.1) is 17.1 Å². The van der Waals surface area contributed by atoms with Gasteiger partial charge in [-0.25, -0.2) is 4.98 Å².